The minimum absolute atomic E-state index is 0.214. The maximum absolute atomic E-state index is 11.9. The Labute approximate surface area is 108 Å². The number of esters is 2. The van der Waals surface area contributed by atoms with Crippen LogP contribution < -0.4 is 0 Å². The van der Waals surface area contributed by atoms with Crippen LogP contribution in [-0.4, -0.2) is 25.2 Å². The number of rotatable bonds is 3. The summed E-state index contributed by atoms with van der Waals surface area (Å²) in [5.74, 6) is -0.757. The third kappa shape index (κ3) is 2.92. The van der Waals surface area contributed by atoms with Crippen molar-refractivity contribution in [2.24, 2.45) is 11.3 Å². The highest BCUT2D eigenvalue weighted by Gasteiger charge is 2.44. The van der Waals surface area contributed by atoms with Crippen molar-refractivity contribution in [1.82, 2.24) is 0 Å². The van der Waals surface area contributed by atoms with Crippen LogP contribution in [0.1, 0.15) is 40.5 Å². The molecule has 0 N–H and O–H groups in total. The molecule has 0 aliphatic heterocycles. The van der Waals surface area contributed by atoms with Crippen molar-refractivity contribution < 1.29 is 19.1 Å². The Morgan fingerprint density at radius 3 is 2.56 bits per heavy atom. The van der Waals surface area contributed by atoms with E-state index in [0.717, 1.165) is 12.0 Å². The van der Waals surface area contributed by atoms with Crippen LogP contribution >= 0.6 is 0 Å². The fraction of sp³-hybridized carbons (Fsp3) is 0.714. The topological polar surface area (TPSA) is 52.6 Å². The van der Waals surface area contributed by atoms with Gasteiger partial charge in [-0.15, -0.1) is 0 Å². The lowest BCUT2D eigenvalue weighted by atomic mass is 9.65. The lowest BCUT2D eigenvalue weighted by Crippen LogP contribution is -2.41. The van der Waals surface area contributed by atoms with E-state index >= 15 is 0 Å². The van der Waals surface area contributed by atoms with E-state index in [-0.39, 0.29) is 29.4 Å². The molecule has 0 heterocycles. The molecule has 1 aliphatic rings. The van der Waals surface area contributed by atoms with Crippen LogP contribution in [0.25, 0.3) is 0 Å². The zero-order chi connectivity index (χ0) is 13.9. The van der Waals surface area contributed by atoms with E-state index in [2.05, 4.69) is 0 Å². The largest absolute Gasteiger partial charge is 0.469 e. The average Bonchev–Trinajstić information content (AvgIpc) is 2.26. The quantitative estimate of drug-likeness (QED) is 0.573. The summed E-state index contributed by atoms with van der Waals surface area (Å²) in [6.45, 7) is 7.38. The first kappa shape index (κ1) is 14.7. The average molecular weight is 254 g/mol. The van der Waals surface area contributed by atoms with E-state index in [1.54, 1.807) is 0 Å². The molecule has 0 spiro atoms. The molecule has 0 saturated carbocycles. The smallest absolute Gasteiger partial charge is 0.313 e. The van der Waals surface area contributed by atoms with Crippen molar-refractivity contribution in [3.05, 3.63) is 11.6 Å². The van der Waals surface area contributed by atoms with Gasteiger partial charge in [-0.3, -0.25) is 9.59 Å². The fourth-order valence-electron chi connectivity index (χ4n) is 2.80. The minimum atomic E-state index is -0.293. The molecule has 0 amide bonds. The Hall–Kier alpha value is -1.32. The van der Waals surface area contributed by atoms with Gasteiger partial charge in [0.2, 0.25) is 0 Å². The summed E-state index contributed by atoms with van der Waals surface area (Å²) in [5, 5.41) is 0. The molecular weight excluding hydrogens is 232 g/mol. The first-order chi connectivity index (χ1) is 8.34. The summed E-state index contributed by atoms with van der Waals surface area (Å²) in [6, 6.07) is 0. The molecule has 0 radical (unpaired) electrons. The van der Waals surface area contributed by atoms with Crippen molar-refractivity contribution in [3.8, 4) is 0 Å². The Morgan fingerprint density at radius 1 is 1.50 bits per heavy atom. The van der Waals surface area contributed by atoms with Crippen LogP contribution in [-0.2, 0) is 19.1 Å². The third-order valence-electron chi connectivity index (χ3n) is 3.83. The summed E-state index contributed by atoms with van der Waals surface area (Å²) in [5.41, 5.74) is 0.690. The summed E-state index contributed by atoms with van der Waals surface area (Å²) < 4.78 is 10.1. The van der Waals surface area contributed by atoms with Gasteiger partial charge in [0, 0.05) is 6.92 Å². The van der Waals surface area contributed by atoms with Gasteiger partial charge in [-0.05, 0) is 31.3 Å². The normalized spacial score (nSPS) is 31.5. The van der Waals surface area contributed by atoms with E-state index in [4.69, 9.17) is 9.47 Å². The summed E-state index contributed by atoms with van der Waals surface area (Å²) in [4.78, 5) is 23.0. The predicted octanol–water partition coefficient (Wildman–Crippen LogP) is 2.47. The molecule has 4 heteroatoms. The molecule has 4 nitrogen and oxygen atoms in total. The number of carbonyl (C=O) groups excluding carboxylic acids is 2. The van der Waals surface area contributed by atoms with Crippen LogP contribution in [0.5, 0.6) is 0 Å². The maximum Gasteiger partial charge on any atom is 0.313 e. The molecule has 1 aliphatic carbocycles. The van der Waals surface area contributed by atoms with Crippen molar-refractivity contribution in [2.45, 2.75) is 46.6 Å². The van der Waals surface area contributed by atoms with Gasteiger partial charge in [-0.25, -0.2) is 0 Å². The van der Waals surface area contributed by atoms with E-state index in [1.165, 1.54) is 14.0 Å². The molecule has 0 aromatic heterocycles. The fourth-order valence-corrected chi connectivity index (χ4v) is 2.80. The molecule has 0 aromatic carbocycles. The zero-order valence-corrected chi connectivity index (χ0v) is 11.8. The van der Waals surface area contributed by atoms with Gasteiger partial charge < -0.3 is 9.47 Å². The number of hydrogen-bond acceptors (Lipinski definition) is 4. The maximum atomic E-state index is 11.9. The lowest BCUT2D eigenvalue weighted by Gasteiger charge is -2.41. The van der Waals surface area contributed by atoms with Gasteiger partial charge in [-0.2, -0.15) is 0 Å². The lowest BCUT2D eigenvalue weighted by molar-refractivity contribution is -0.152. The van der Waals surface area contributed by atoms with Crippen molar-refractivity contribution in [3.63, 3.8) is 0 Å². The first-order valence-corrected chi connectivity index (χ1v) is 6.27. The molecule has 1 rings (SSSR count). The van der Waals surface area contributed by atoms with Crippen molar-refractivity contribution in [1.29, 1.82) is 0 Å². The second-order valence-corrected chi connectivity index (χ2v) is 5.23. The Kier molecular flexibility index (Phi) is 4.54. The number of hydrogen-bond donors (Lipinski definition) is 0. The van der Waals surface area contributed by atoms with Crippen LogP contribution in [0, 0.1) is 11.3 Å². The first-order valence-electron chi connectivity index (χ1n) is 6.27. The molecule has 0 fully saturated rings. The number of methoxy groups -OCH3 is 1. The Bertz CT molecular complexity index is 372. The highest BCUT2D eigenvalue weighted by atomic mass is 16.5. The molecule has 0 bridgehead atoms. The molecule has 3 unspecified atom stereocenters. The highest BCUT2D eigenvalue weighted by Crippen LogP contribution is 2.45. The molecule has 0 aromatic rings. The Morgan fingerprint density at radius 2 is 2.11 bits per heavy atom. The van der Waals surface area contributed by atoms with Gasteiger partial charge in [-0.1, -0.05) is 19.4 Å². The summed E-state index contributed by atoms with van der Waals surface area (Å²) >= 11 is 0. The summed E-state index contributed by atoms with van der Waals surface area (Å²) in [7, 11) is 1.41. The van der Waals surface area contributed by atoms with Gasteiger partial charge in [0.05, 0.1) is 13.0 Å². The van der Waals surface area contributed by atoms with Crippen molar-refractivity contribution in [2.75, 3.05) is 7.11 Å². The van der Waals surface area contributed by atoms with Gasteiger partial charge >= 0.3 is 11.9 Å². The molecule has 0 saturated heterocycles. The van der Waals surface area contributed by atoms with Gasteiger partial charge in [0.25, 0.3) is 0 Å². The molecule has 18 heavy (non-hydrogen) atoms. The van der Waals surface area contributed by atoms with Crippen LogP contribution in [0.2, 0.25) is 0 Å². The molecule has 3 atom stereocenters. The monoisotopic (exact) mass is 254 g/mol. The van der Waals surface area contributed by atoms with E-state index < -0.39 is 0 Å². The van der Waals surface area contributed by atoms with Gasteiger partial charge in [0.15, 0.2) is 0 Å². The zero-order valence-electron chi connectivity index (χ0n) is 11.8. The van der Waals surface area contributed by atoms with E-state index in [1.807, 2.05) is 26.8 Å². The van der Waals surface area contributed by atoms with Crippen molar-refractivity contribution >= 4 is 11.9 Å². The minimum Gasteiger partial charge on any atom is -0.469 e. The second kappa shape index (κ2) is 5.55. The van der Waals surface area contributed by atoms with E-state index in [0.29, 0.717) is 6.42 Å². The van der Waals surface area contributed by atoms with Crippen LogP contribution in [0.15, 0.2) is 11.6 Å². The predicted molar refractivity (Wildman–Crippen MR) is 67.8 cm³/mol. The number of ether oxygens (including phenoxy) is 2. The molecular formula is C14H22O4. The van der Waals surface area contributed by atoms with Crippen LogP contribution in [0.4, 0.5) is 0 Å². The highest BCUT2D eigenvalue weighted by molar-refractivity contribution is 5.77. The van der Waals surface area contributed by atoms with Gasteiger partial charge in [0.1, 0.15) is 6.10 Å². The summed E-state index contributed by atoms with van der Waals surface area (Å²) in [6.07, 6.45) is 3.10. The number of carbonyl (C=O) groups is 2. The Balaban J connectivity index is 3.05. The third-order valence-corrected chi connectivity index (χ3v) is 3.83. The molecule has 102 valence electrons. The second-order valence-electron chi connectivity index (χ2n) is 5.23. The van der Waals surface area contributed by atoms with E-state index in [9.17, 15) is 9.59 Å². The standard InChI is InChI=1S/C14H22O4/c1-6-14(4)8-11(18-10(3)15)7-9(2)12(14)13(16)17-5/h7,11-12H,6,8H2,1-5H3. The van der Waals surface area contributed by atoms with Crippen LogP contribution in [0.3, 0.4) is 0 Å². The SMILES string of the molecule is CCC1(C)CC(OC(C)=O)C=C(C)C1C(=O)OC.